The van der Waals surface area contributed by atoms with Gasteiger partial charge in [0.25, 0.3) is 0 Å². The predicted molar refractivity (Wildman–Crippen MR) is 76.6 cm³/mol. The molecule has 4 heteroatoms. The normalized spacial score (nSPS) is 20.4. The molecule has 106 valence electrons. The Bertz CT molecular complexity index is 407. The zero-order valence-electron chi connectivity index (χ0n) is 11.9. The molecule has 1 heterocycles. The molecule has 0 amide bonds. The number of benzene rings is 1. The Balaban J connectivity index is 2.09. The smallest absolute Gasteiger partial charge is 0.120 e. The number of nitrogens with zero attached hydrogens (tertiary/aromatic N) is 1. The van der Waals surface area contributed by atoms with Gasteiger partial charge in [-0.1, -0.05) is 6.42 Å². The Morgan fingerprint density at radius 2 is 2.26 bits per heavy atom. The highest BCUT2D eigenvalue weighted by Crippen LogP contribution is 2.27. The van der Waals surface area contributed by atoms with Crippen molar-refractivity contribution in [3.63, 3.8) is 0 Å². The minimum Gasteiger partial charge on any atom is -0.508 e. The second-order valence-corrected chi connectivity index (χ2v) is 5.17. The Morgan fingerprint density at radius 3 is 3.00 bits per heavy atom. The molecule has 1 aliphatic heterocycles. The molecule has 2 rings (SSSR count). The Kier molecular flexibility index (Phi) is 5.05. The summed E-state index contributed by atoms with van der Waals surface area (Å²) in [6.07, 6.45) is 3.77. The molecule has 0 saturated carbocycles. The van der Waals surface area contributed by atoms with E-state index in [4.69, 9.17) is 4.74 Å². The summed E-state index contributed by atoms with van der Waals surface area (Å²) in [4.78, 5) is 2.45. The van der Waals surface area contributed by atoms with Crippen LogP contribution in [0, 0.1) is 0 Å². The Labute approximate surface area is 115 Å². The van der Waals surface area contributed by atoms with Crippen molar-refractivity contribution in [3.8, 4) is 11.5 Å². The van der Waals surface area contributed by atoms with Crippen LogP contribution in [0.15, 0.2) is 18.2 Å². The van der Waals surface area contributed by atoms with Crippen molar-refractivity contribution >= 4 is 0 Å². The largest absolute Gasteiger partial charge is 0.508 e. The van der Waals surface area contributed by atoms with Crippen LogP contribution in [0.3, 0.4) is 0 Å². The summed E-state index contributed by atoms with van der Waals surface area (Å²) in [5.74, 6) is 1.16. The van der Waals surface area contributed by atoms with Gasteiger partial charge in [-0.05, 0) is 44.6 Å². The highest BCUT2D eigenvalue weighted by molar-refractivity contribution is 5.39. The molecule has 1 saturated heterocycles. The van der Waals surface area contributed by atoms with E-state index in [1.165, 1.54) is 19.3 Å². The van der Waals surface area contributed by atoms with Crippen molar-refractivity contribution in [1.82, 2.24) is 10.2 Å². The fourth-order valence-electron chi connectivity index (χ4n) is 2.77. The second kappa shape index (κ2) is 6.78. The van der Waals surface area contributed by atoms with E-state index in [0.717, 1.165) is 30.9 Å². The molecule has 1 aromatic carbocycles. The highest BCUT2D eigenvalue weighted by Gasteiger charge is 2.22. The molecule has 1 aliphatic rings. The van der Waals surface area contributed by atoms with E-state index in [9.17, 15) is 5.11 Å². The molecule has 0 aliphatic carbocycles. The van der Waals surface area contributed by atoms with Gasteiger partial charge in [0, 0.05) is 24.7 Å². The monoisotopic (exact) mass is 264 g/mol. The summed E-state index contributed by atoms with van der Waals surface area (Å²) >= 11 is 0. The standard InChI is InChI=1S/C15H24N2O2/c1-16-10-13-5-3-4-8-17(13)11-12-9-14(19-2)6-7-15(12)18/h6-7,9,13,16,18H,3-5,8,10-11H2,1-2H3. The van der Waals surface area contributed by atoms with Crippen LogP contribution in [0.5, 0.6) is 11.5 Å². The number of methoxy groups -OCH3 is 1. The third kappa shape index (κ3) is 3.61. The summed E-state index contributed by atoms with van der Waals surface area (Å²) in [5.41, 5.74) is 0.947. The highest BCUT2D eigenvalue weighted by atomic mass is 16.5. The molecular formula is C15H24N2O2. The first-order valence-electron chi connectivity index (χ1n) is 6.99. The van der Waals surface area contributed by atoms with Crippen LogP contribution in [0.25, 0.3) is 0 Å². The van der Waals surface area contributed by atoms with Crippen LogP contribution in [-0.4, -0.2) is 43.3 Å². The molecule has 4 nitrogen and oxygen atoms in total. The third-order valence-corrected chi connectivity index (χ3v) is 3.85. The number of likely N-dealkylation sites (tertiary alicyclic amines) is 1. The number of nitrogens with one attached hydrogen (secondary N) is 1. The van der Waals surface area contributed by atoms with Crippen molar-refractivity contribution < 1.29 is 9.84 Å². The number of phenols is 1. The van der Waals surface area contributed by atoms with Gasteiger partial charge in [0.05, 0.1) is 7.11 Å². The number of aromatic hydroxyl groups is 1. The number of phenolic OH excluding ortho intramolecular Hbond substituents is 1. The van der Waals surface area contributed by atoms with Gasteiger partial charge in [0.2, 0.25) is 0 Å². The van der Waals surface area contributed by atoms with Crippen molar-refractivity contribution in [1.29, 1.82) is 0 Å². The van der Waals surface area contributed by atoms with Gasteiger partial charge in [0.15, 0.2) is 0 Å². The number of hydrogen-bond acceptors (Lipinski definition) is 4. The summed E-state index contributed by atoms with van der Waals surface area (Å²) in [7, 11) is 3.65. The van der Waals surface area contributed by atoms with E-state index in [1.807, 2.05) is 13.1 Å². The maximum atomic E-state index is 9.98. The van der Waals surface area contributed by atoms with Gasteiger partial charge in [-0.3, -0.25) is 4.90 Å². The molecule has 2 N–H and O–H groups in total. The van der Waals surface area contributed by atoms with Crippen molar-refractivity contribution in [2.24, 2.45) is 0 Å². The Hall–Kier alpha value is -1.26. The summed E-state index contributed by atoms with van der Waals surface area (Å²) < 4.78 is 5.23. The zero-order chi connectivity index (χ0) is 13.7. The van der Waals surface area contributed by atoms with Crippen LogP contribution < -0.4 is 10.1 Å². The molecule has 0 bridgehead atoms. The number of rotatable bonds is 5. The summed E-state index contributed by atoms with van der Waals surface area (Å²) in [6, 6.07) is 6.00. The maximum Gasteiger partial charge on any atom is 0.120 e. The van der Waals surface area contributed by atoms with Crippen LogP contribution in [-0.2, 0) is 6.54 Å². The first kappa shape index (κ1) is 14.2. The maximum absolute atomic E-state index is 9.98. The van der Waals surface area contributed by atoms with Crippen LogP contribution >= 0.6 is 0 Å². The first-order valence-corrected chi connectivity index (χ1v) is 6.99. The van der Waals surface area contributed by atoms with Crippen LogP contribution in [0.1, 0.15) is 24.8 Å². The third-order valence-electron chi connectivity index (χ3n) is 3.85. The van der Waals surface area contributed by atoms with Gasteiger partial charge in [-0.15, -0.1) is 0 Å². The zero-order valence-corrected chi connectivity index (χ0v) is 11.9. The topological polar surface area (TPSA) is 44.7 Å². The fourth-order valence-corrected chi connectivity index (χ4v) is 2.77. The van der Waals surface area contributed by atoms with E-state index in [2.05, 4.69) is 10.2 Å². The predicted octanol–water partition coefficient (Wildman–Crippen LogP) is 1.97. The Morgan fingerprint density at radius 1 is 1.42 bits per heavy atom. The molecule has 19 heavy (non-hydrogen) atoms. The van der Waals surface area contributed by atoms with Gasteiger partial charge < -0.3 is 15.2 Å². The number of ether oxygens (including phenoxy) is 1. The average molecular weight is 264 g/mol. The minimum absolute atomic E-state index is 0.356. The molecule has 0 spiro atoms. The van der Waals surface area contributed by atoms with Crippen molar-refractivity contribution in [3.05, 3.63) is 23.8 Å². The van der Waals surface area contributed by atoms with Gasteiger partial charge in [-0.25, -0.2) is 0 Å². The molecular weight excluding hydrogens is 240 g/mol. The van der Waals surface area contributed by atoms with Crippen molar-refractivity contribution in [2.45, 2.75) is 31.8 Å². The van der Waals surface area contributed by atoms with E-state index in [-0.39, 0.29) is 0 Å². The molecule has 1 fully saturated rings. The summed E-state index contributed by atoms with van der Waals surface area (Å²) in [5, 5.41) is 13.2. The fraction of sp³-hybridized carbons (Fsp3) is 0.600. The van der Waals surface area contributed by atoms with E-state index < -0.39 is 0 Å². The van der Waals surface area contributed by atoms with E-state index in [1.54, 1.807) is 19.2 Å². The number of hydrogen-bond donors (Lipinski definition) is 2. The average Bonchev–Trinajstić information content (AvgIpc) is 2.43. The van der Waals surface area contributed by atoms with Gasteiger partial charge in [0.1, 0.15) is 11.5 Å². The number of likely N-dealkylation sites (N-methyl/N-ethyl adjacent to an activating group) is 1. The first-order chi connectivity index (χ1) is 9.24. The van der Waals surface area contributed by atoms with E-state index in [0.29, 0.717) is 11.8 Å². The van der Waals surface area contributed by atoms with Crippen LogP contribution in [0.4, 0.5) is 0 Å². The lowest BCUT2D eigenvalue weighted by Crippen LogP contribution is -2.44. The molecule has 0 radical (unpaired) electrons. The molecule has 0 aromatic heterocycles. The van der Waals surface area contributed by atoms with Gasteiger partial charge in [-0.2, -0.15) is 0 Å². The lowest BCUT2D eigenvalue weighted by Gasteiger charge is -2.35. The molecule has 1 unspecified atom stereocenters. The lowest BCUT2D eigenvalue weighted by atomic mass is 10.0. The van der Waals surface area contributed by atoms with Crippen LogP contribution in [0.2, 0.25) is 0 Å². The SMILES string of the molecule is CNCC1CCCCN1Cc1cc(OC)ccc1O. The van der Waals surface area contributed by atoms with Crippen molar-refractivity contribution in [2.75, 3.05) is 27.2 Å². The van der Waals surface area contributed by atoms with E-state index >= 15 is 0 Å². The number of piperidine rings is 1. The van der Waals surface area contributed by atoms with Gasteiger partial charge >= 0.3 is 0 Å². The quantitative estimate of drug-likeness (QED) is 0.853. The lowest BCUT2D eigenvalue weighted by molar-refractivity contribution is 0.138. The minimum atomic E-state index is 0.356. The molecule has 1 aromatic rings. The second-order valence-electron chi connectivity index (χ2n) is 5.17. The molecule has 1 atom stereocenters. The summed E-state index contributed by atoms with van der Waals surface area (Å²) in [6.45, 7) is 2.89.